The molecule has 0 unspecified atom stereocenters. The van der Waals surface area contributed by atoms with Crippen molar-refractivity contribution in [2.24, 2.45) is 0 Å². The Morgan fingerprint density at radius 3 is 2.38 bits per heavy atom. The third kappa shape index (κ3) is 5.20. The Morgan fingerprint density at radius 1 is 1.05 bits per heavy atom. The van der Waals surface area contributed by atoms with Gasteiger partial charge in [0.25, 0.3) is 11.8 Å². The van der Waals surface area contributed by atoms with Crippen LogP contribution in [0.1, 0.15) is 28.3 Å². The molecule has 0 radical (unpaired) electrons. The average Bonchev–Trinajstić information content (AvgIpc) is 3.69. The van der Waals surface area contributed by atoms with E-state index in [0.717, 1.165) is 18.6 Å². The number of amides is 2. The highest BCUT2D eigenvalue weighted by molar-refractivity contribution is 6.04. The minimum atomic E-state index is -3.04. The number of pyridine rings is 1. The molecule has 3 aliphatic rings. The maximum Gasteiger partial charge on any atom is 0.387 e. The number of fused-ring (bicyclic) bond motifs is 2. The number of morpholine rings is 1. The van der Waals surface area contributed by atoms with Crippen molar-refractivity contribution in [3.05, 3.63) is 77.4 Å². The molecule has 2 bridgehead atoms. The van der Waals surface area contributed by atoms with Gasteiger partial charge in [0.05, 0.1) is 25.9 Å². The number of aromatic nitrogens is 1. The lowest BCUT2D eigenvalue weighted by atomic mass is 9.92. The zero-order valence-electron chi connectivity index (χ0n) is 22.3. The van der Waals surface area contributed by atoms with Crippen molar-refractivity contribution in [2.45, 2.75) is 37.1 Å². The fraction of sp³-hybridized carbons (Fsp3) is 0.345. The number of methoxy groups -OCH3 is 1. The van der Waals surface area contributed by atoms with Gasteiger partial charge in [-0.3, -0.25) is 14.5 Å². The van der Waals surface area contributed by atoms with Gasteiger partial charge in [-0.1, -0.05) is 6.07 Å². The number of ether oxygens (including phenoxy) is 3. The van der Waals surface area contributed by atoms with Gasteiger partial charge in [-0.25, -0.2) is 13.8 Å². The van der Waals surface area contributed by atoms with Crippen LogP contribution < -0.4 is 24.6 Å². The molecule has 4 heterocycles. The number of benzene rings is 2. The van der Waals surface area contributed by atoms with Crippen molar-refractivity contribution < 1.29 is 41.4 Å². The van der Waals surface area contributed by atoms with Crippen LogP contribution in [0.25, 0.3) is 0 Å². The molecular weight excluding hydrogens is 560 g/mol. The molecule has 3 aromatic rings. The molecule has 2 amide bonds. The third-order valence-corrected chi connectivity index (χ3v) is 7.79. The van der Waals surface area contributed by atoms with Crippen molar-refractivity contribution in [3.8, 4) is 11.5 Å². The molecule has 2 aromatic carbocycles. The second kappa shape index (κ2) is 11.1. The molecular formula is C29H26F4N4O5. The lowest BCUT2D eigenvalue weighted by Crippen LogP contribution is -2.44. The average molecular weight is 587 g/mol. The van der Waals surface area contributed by atoms with Gasteiger partial charge in [0.15, 0.2) is 0 Å². The second-order valence-electron chi connectivity index (χ2n) is 10.3. The second-order valence-corrected chi connectivity index (χ2v) is 10.3. The fourth-order valence-electron chi connectivity index (χ4n) is 5.81. The van der Waals surface area contributed by atoms with Gasteiger partial charge in [-0.2, -0.15) is 8.78 Å². The molecule has 4 atom stereocenters. The van der Waals surface area contributed by atoms with Crippen LogP contribution in [0.3, 0.4) is 0 Å². The van der Waals surface area contributed by atoms with Gasteiger partial charge in [0.2, 0.25) is 0 Å². The number of nitrogens with zero attached hydrogens (tertiary/aromatic N) is 3. The van der Waals surface area contributed by atoms with Gasteiger partial charge < -0.3 is 24.4 Å². The summed E-state index contributed by atoms with van der Waals surface area (Å²) in [6.45, 7) is -1.96. The minimum Gasteiger partial charge on any atom is -0.497 e. The Bertz CT molecular complexity index is 1480. The van der Waals surface area contributed by atoms with Crippen molar-refractivity contribution in [2.75, 3.05) is 36.6 Å². The molecule has 220 valence electrons. The standard InChI is InChI=1S/C29H26F4N4O5/c1-40-18-10-21(30)25(22(31)11-18)20-13-37(24-4-2-3-23(34-24)36-12-19-9-16(36)14-41-19)28(39)26(20)35-27(38)15-5-7-17(8-6-15)42-29(32)33/h2-8,10-11,16,19-20,26,29H,9,12-14H2,1H3,(H,35,38)/t16-,19-,20+,26+/m1/s1. The molecule has 9 nitrogen and oxygen atoms in total. The summed E-state index contributed by atoms with van der Waals surface area (Å²) in [6, 6.07) is 10.9. The molecule has 3 aliphatic heterocycles. The predicted molar refractivity (Wildman–Crippen MR) is 142 cm³/mol. The Kier molecular flexibility index (Phi) is 7.35. The highest BCUT2D eigenvalue weighted by Crippen LogP contribution is 2.38. The summed E-state index contributed by atoms with van der Waals surface area (Å²) in [4.78, 5) is 35.1. The number of halogens is 4. The summed E-state index contributed by atoms with van der Waals surface area (Å²) in [7, 11) is 1.27. The van der Waals surface area contributed by atoms with Crippen molar-refractivity contribution in [1.29, 1.82) is 0 Å². The molecule has 3 saturated heterocycles. The van der Waals surface area contributed by atoms with Crippen LogP contribution in [0.5, 0.6) is 11.5 Å². The van der Waals surface area contributed by atoms with E-state index in [1.807, 2.05) is 6.07 Å². The summed E-state index contributed by atoms with van der Waals surface area (Å²) in [5, 5.41) is 2.59. The van der Waals surface area contributed by atoms with Crippen LogP contribution in [0, 0.1) is 11.6 Å². The Balaban J connectivity index is 1.31. The Hall–Kier alpha value is -4.39. The van der Waals surface area contributed by atoms with E-state index in [1.165, 1.54) is 36.3 Å². The third-order valence-electron chi connectivity index (χ3n) is 7.79. The number of hydrogen-bond donors (Lipinski definition) is 1. The number of anilines is 2. The summed E-state index contributed by atoms with van der Waals surface area (Å²) in [5.74, 6) is -3.64. The van der Waals surface area contributed by atoms with E-state index >= 15 is 8.78 Å². The summed E-state index contributed by atoms with van der Waals surface area (Å²) in [6.07, 6.45) is 1.01. The Labute approximate surface area is 238 Å². The zero-order valence-corrected chi connectivity index (χ0v) is 22.3. The van der Waals surface area contributed by atoms with Crippen molar-refractivity contribution in [1.82, 2.24) is 10.3 Å². The SMILES string of the molecule is COc1cc(F)c([C@@H]2CN(c3cccc(N4C[C@H]5C[C@@H]4CO5)n3)C(=O)[C@H]2NC(=O)c2ccc(OC(F)F)cc2)c(F)c1. The number of rotatable bonds is 8. The van der Waals surface area contributed by atoms with Crippen LogP contribution >= 0.6 is 0 Å². The van der Waals surface area contributed by atoms with Crippen LogP contribution in [-0.2, 0) is 9.53 Å². The van der Waals surface area contributed by atoms with E-state index in [0.29, 0.717) is 19.0 Å². The summed E-state index contributed by atoms with van der Waals surface area (Å²) in [5.41, 5.74) is -0.355. The topological polar surface area (TPSA) is 93.2 Å². The predicted octanol–water partition coefficient (Wildman–Crippen LogP) is 3.88. The number of alkyl halides is 2. The highest BCUT2D eigenvalue weighted by atomic mass is 19.3. The van der Waals surface area contributed by atoms with E-state index in [-0.39, 0.29) is 47.1 Å². The van der Waals surface area contributed by atoms with E-state index in [9.17, 15) is 18.4 Å². The maximum atomic E-state index is 15.3. The van der Waals surface area contributed by atoms with E-state index < -0.39 is 42.0 Å². The largest absolute Gasteiger partial charge is 0.497 e. The van der Waals surface area contributed by atoms with E-state index in [1.54, 1.807) is 12.1 Å². The quantitative estimate of drug-likeness (QED) is 0.401. The van der Waals surface area contributed by atoms with Gasteiger partial charge in [-0.15, -0.1) is 0 Å². The lowest BCUT2D eigenvalue weighted by molar-refractivity contribution is -0.118. The summed E-state index contributed by atoms with van der Waals surface area (Å²) < 4.78 is 70.5. The first-order chi connectivity index (χ1) is 20.2. The number of nitrogens with one attached hydrogen (secondary N) is 1. The highest BCUT2D eigenvalue weighted by Gasteiger charge is 2.46. The smallest absolute Gasteiger partial charge is 0.387 e. The first-order valence-electron chi connectivity index (χ1n) is 13.3. The Morgan fingerprint density at radius 2 is 1.76 bits per heavy atom. The lowest BCUT2D eigenvalue weighted by Gasteiger charge is -2.28. The van der Waals surface area contributed by atoms with Crippen LogP contribution in [-0.4, -0.2) is 68.4 Å². The van der Waals surface area contributed by atoms with Crippen molar-refractivity contribution in [3.63, 3.8) is 0 Å². The molecule has 1 aromatic heterocycles. The monoisotopic (exact) mass is 586 g/mol. The number of hydrogen-bond acceptors (Lipinski definition) is 7. The normalized spacial score (nSPS) is 23.1. The molecule has 3 fully saturated rings. The van der Waals surface area contributed by atoms with Gasteiger partial charge in [0, 0.05) is 42.3 Å². The molecule has 13 heteroatoms. The first kappa shape index (κ1) is 27.8. The van der Waals surface area contributed by atoms with E-state index in [2.05, 4.69) is 15.0 Å². The summed E-state index contributed by atoms with van der Waals surface area (Å²) >= 11 is 0. The van der Waals surface area contributed by atoms with Crippen molar-refractivity contribution >= 4 is 23.5 Å². The molecule has 0 aliphatic carbocycles. The minimum absolute atomic E-state index is 0.0312. The fourth-order valence-corrected chi connectivity index (χ4v) is 5.81. The van der Waals surface area contributed by atoms with Crippen LogP contribution in [0.2, 0.25) is 0 Å². The number of carbonyl (C=O) groups excluding carboxylic acids is 2. The molecule has 42 heavy (non-hydrogen) atoms. The molecule has 0 saturated carbocycles. The zero-order chi connectivity index (χ0) is 29.5. The van der Waals surface area contributed by atoms with Gasteiger partial charge in [-0.05, 0) is 42.8 Å². The maximum absolute atomic E-state index is 15.3. The molecule has 6 rings (SSSR count). The van der Waals surface area contributed by atoms with Crippen LogP contribution in [0.4, 0.5) is 29.2 Å². The number of carbonyl (C=O) groups is 2. The molecule has 0 spiro atoms. The van der Waals surface area contributed by atoms with Gasteiger partial charge >= 0.3 is 6.61 Å². The van der Waals surface area contributed by atoms with Crippen LogP contribution in [0.15, 0.2) is 54.6 Å². The first-order valence-corrected chi connectivity index (χ1v) is 13.3. The van der Waals surface area contributed by atoms with E-state index in [4.69, 9.17) is 14.5 Å². The van der Waals surface area contributed by atoms with Gasteiger partial charge in [0.1, 0.15) is 40.8 Å². The molecule has 1 N–H and O–H groups in total.